The molecule has 0 amide bonds. The molecule has 1 fully saturated rings. The third-order valence-electron chi connectivity index (χ3n) is 3.03. The van der Waals surface area contributed by atoms with Crippen LogP contribution in [0.5, 0.6) is 5.75 Å². The minimum Gasteiger partial charge on any atom is -0.494 e. The van der Waals surface area contributed by atoms with Gasteiger partial charge >= 0.3 is 0 Å². The smallest absolute Gasteiger partial charge is 0.119 e. The largest absolute Gasteiger partial charge is 0.494 e. The maximum Gasteiger partial charge on any atom is 0.119 e. The molecule has 1 aliphatic rings. The van der Waals surface area contributed by atoms with Crippen LogP contribution in [0.25, 0.3) is 11.1 Å². The summed E-state index contributed by atoms with van der Waals surface area (Å²) in [7, 11) is 0. The van der Waals surface area contributed by atoms with Crippen molar-refractivity contribution in [3.8, 4) is 16.9 Å². The lowest BCUT2D eigenvalue weighted by molar-refractivity contribution is 0.294. The summed E-state index contributed by atoms with van der Waals surface area (Å²) < 4.78 is 10.9. The van der Waals surface area contributed by atoms with Crippen LogP contribution in [0.15, 0.2) is 41.1 Å². The van der Waals surface area contributed by atoms with E-state index in [2.05, 4.69) is 29.0 Å². The number of rotatable bonds is 6. The van der Waals surface area contributed by atoms with Crippen LogP contribution in [0.2, 0.25) is 0 Å². The summed E-state index contributed by atoms with van der Waals surface area (Å²) in [5, 5.41) is 4.25. The van der Waals surface area contributed by atoms with Gasteiger partial charge in [0, 0.05) is 0 Å². The number of hydrogen-bond acceptors (Lipinski definition) is 3. The highest BCUT2D eigenvalue weighted by atomic mass is 32.1. The maximum absolute atomic E-state index is 5.77. The van der Waals surface area contributed by atoms with Crippen LogP contribution in [0.1, 0.15) is 12.8 Å². The zero-order chi connectivity index (χ0) is 12.2. The van der Waals surface area contributed by atoms with Gasteiger partial charge < -0.3 is 9.47 Å². The molecule has 1 atom stereocenters. The first-order valence-corrected chi connectivity index (χ1v) is 7.23. The molecule has 0 radical (unpaired) electrons. The molecule has 0 bridgehead atoms. The number of epoxide rings is 1. The summed E-state index contributed by atoms with van der Waals surface area (Å²) in [6.07, 6.45) is 2.68. The molecule has 1 unspecified atom stereocenters. The molecule has 2 nitrogen and oxygen atoms in total. The van der Waals surface area contributed by atoms with Gasteiger partial charge in [-0.2, -0.15) is 11.3 Å². The van der Waals surface area contributed by atoms with Gasteiger partial charge in [0.05, 0.1) is 19.3 Å². The lowest BCUT2D eigenvalue weighted by Crippen LogP contribution is -1.99. The Morgan fingerprint density at radius 1 is 1.28 bits per heavy atom. The quantitative estimate of drug-likeness (QED) is 0.579. The Morgan fingerprint density at radius 3 is 3.00 bits per heavy atom. The van der Waals surface area contributed by atoms with E-state index in [9.17, 15) is 0 Å². The Hall–Kier alpha value is -1.32. The molecule has 1 aromatic heterocycles. The number of hydrogen-bond donors (Lipinski definition) is 0. The Morgan fingerprint density at radius 2 is 2.22 bits per heavy atom. The molecule has 3 rings (SSSR count). The Balaban J connectivity index is 1.56. The first kappa shape index (κ1) is 11.8. The number of ether oxygens (including phenoxy) is 2. The fourth-order valence-corrected chi connectivity index (χ4v) is 2.59. The predicted octanol–water partition coefficient (Wildman–Crippen LogP) is 3.97. The minimum atomic E-state index is 0.505. The molecule has 2 aromatic rings. The van der Waals surface area contributed by atoms with Gasteiger partial charge in [-0.3, -0.25) is 0 Å². The van der Waals surface area contributed by atoms with E-state index in [0.717, 1.165) is 31.8 Å². The second kappa shape index (κ2) is 5.55. The molecule has 0 spiro atoms. The maximum atomic E-state index is 5.77. The predicted molar refractivity (Wildman–Crippen MR) is 74.2 cm³/mol. The highest BCUT2D eigenvalue weighted by Crippen LogP contribution is 2.26. The van der Waals surface area contributed by atoms with Crippen LogP contribution < -0.4 is 4.74 Å². The molecular formula is C15H16O2S. The van der Waals surface area contributed by atoms with Gasteiger partial charge in [0.1, 0.15) is 5.75 Å². The molecule has 1 aromatic carbocycles. The van der Waals surface area contributed by atoms with Crippen molar-refractivity contribution in [3.63, 3.8) is 0 Å². The van der Waals surface area contributed by atoms with Crippen molar-refractivity contribution in [2.24, 2.45) is 0 Å². The van der Waals surface area contributed by atoms with Gasteiger partial charge in [0.15, 0.2) is 0 Å². The van der Waals surface area contributed by atoms with Crippen LogP contribution in [0, 0.1) is 0 Å². The third-order valence-corrected chi connectivity index (χ3v) is 3.71. The molecule has 1 saturated heterocycles. The zero-order valence-corrected chi connectivity index (χ0v) is 11.0. The van der Waals surface area contributed by atoms with Crippen molar-refractivity contribution >= 4 is 11.3 Å². The molecule has 18 heavy (non-hydrogen) atoms. The first-order chi connectivity index (χ1) is 8.92. The fraction of sp³-hybridized carbons (Fsp3) is 0.333. The standard InChI is InChI=1S/C15H16O2S/c1-3-12(13-6-8-18-11-13)9-14(4-1)16-7-2-5-15-10-17-15/h1,3-4,6,8-9,11,15H,2,5,7,10H2. The summed E-state index contributed by atoms with van der Waals surface area (Å²) in [6.45, 7) is 1.71. The minimum absolute atomic E-state index is 0.505. The van der Waals surface area contributed by atoms with E-state index in [1.165, 1.54) is 11.1 Å². The average Bonchev–Trinajstić information content (AvgIpc) is 3.06. The van der Waals surface area contributed by atoms with E-state index in [0.29, 0.717) is 6.10 Å². The summed E-state index contributed by atoms with van der Waals surface area (Å²) in [5.41, 5.74) is 2.48. The van der Waals surface area contributed by atoms with Gasteiger partial charge in [-0.25, -0.2) is 0 Å². The second-order valence-electron chi connectivity index (χ2n) is 4.49. The van der Waals surface area contributed by atoms with Gasteiger partial charge in [-0.05, 0) is 52.9 Å². The highest BCUT2D eigenvalue weighted by Gasteiger charge is 2.21. The monoisotopic (exact) mass is 260 g/mol. The summed E-state index contributed by atoms with van der Waals surface area (Å²) in [4.78, 5) is 0. The number of benzene rings is 1. The van der Waals surface area contributed by atoms with Crippen molar-refractivity contribution in [2.45, 2.75) is 18.9 Å². The van der Waals surface area contributed by atoms with Crippen molar-refractivity contribution in [2.75, 3.05) is 13.2 Å². The van der Waals surface area contributed by atoms with Gasteiger partial charge in [-0.15, -0.1) is 0 Å². The van der Waals surface area contributed by atoms with E-state index < -0.39 is 0 Å². The summed E-state index contributed by atoms with van der Waals surface area (Å²) in [6, 6.07) is 10.4. The van der Waals surface area contributed by atoms with E-state index in [-0.39, 0.29) is 0 Å². The van der Waals surface area contributed by atoms with Crippen LogP contribution in [0.4, 0.5) is 0 Å². The Bertz CT molecular complexity index is 489. The van der Waals surface area contributed by atoms with E-state index in [1.807, 2.05) is 12.1 Å². The molecule has 1 aliphatic heterocycles. The Labute approximate surface area is 111 Å². The lowest BCUT2D eigenvalue weighted by atomic mass is 10.1. The van der Waals surface area contributed by atoms with Gasteiger partial charge in [0.2, 0.25) is 0 Å². The van der Waals surface area contributed by atoms with E-state index in [4.69, 9.17) is 9.47 Å². The Kier molecular flexibility index (Phi) is 3.62. The van der Waals surface area contributed by atoms with Crippen molar-refractivity contribution in [1.82, 2.24) is 0 Å². The molecule has 94 valence electrons. The summed E-state index contributed by atoms with van der Waals surface area (Å²) >= 11 is 1.72. The van der Waals surface area contributed by atoms with Crippen LogP contribution in [0.3, 0.4) is 0 Å². The molecule has 2 heterocycles. The van der Waals surface area contributed by atoms with Crippen molar-refractivity contribution in [3.05, 3.63) is 41.1 Å². The third kappa shape index (κ3) is 3.12. The van der Waals surface area contributed by atoms with Crippen LogP contribution >= 0.6 is 11.3 Å². The zero-order valence-electron chi connectivity index (χ0n) is 10.2. The van der Waals surface area contributed by atoms with Crippen LogP contribution in [-0.4, -0.2) is 19.3 Å². The molecule has 0 saturated carbocycles. The molecular weight excluding hydrogens is 244 g/mol. The SMILES string of the molecule is c1cc(OCCCC2CO2)cc(-c2ccsc2)c1. The highest BCUT2D eigenvalue weighted by molar-refractivity contribution is 7.08. The van der Waals surface area contributed by atoms with Crippen molar-refractivity contribution in [1.29, 1.82) is 0 Å². The second-order valence-corrected chi connectivity index (χ2v) is 5.27. The molecule has 0 aliphatic carbocycles. The summed E-state index contributed by atoms with van der Waals surface area (Å²) in [5.74, 6) is 0.954. The van der Waals surface area contributed by atoms with Gasteiger partial charge in [-0.1, -0.05) is 12.1 Å². The average molecular weight is 260 g/mol. The lowest BCUT2D eigenvalue weighted by Gasteiger charge is -2.07. The topological polar surface area (TPSA) is 21.8 Å². The number of thiophene rings is 1. The normalized spacial score (nSPS) is 17.7. The molecule has 0 N–H and O–H groups in total. The van der Waals surface area contributed by atoms with Gasteiger partial charge in [0.25, 0.3) is 0 Å². The van der Waals surface area contributed by atoms with Crippen molar-refractivity contribution < 1.29 is 9.47 Å². The van der Waals surface area contributed by atoms with E-state index in [1.54, 1.807) is 11.3 Å². The van der Waals surface area contributed by atoms with E-state index >= 15 is 0 Å². The fourth-order valence-electron chi connectivity index (χ4n) is 1.93. The molecule has 3 heteroatoms. The first-order valence-electron chi connectivity index (χ1n) is 6.29. The van der Waals surface area contributed by atoms with Crippen LogP contribution in [-0.2, 0) is 4.74 Å².